The molecular formula is C13H25N3O3. The van der Waals surface area contributed by atoms with Crippen LogP contribution in [0.5, 0.6) is 0 Å². The number of carboxylic acid groups (broad SMARTS) is 1. The number of hydrogen-bond acceptors (Lipinski definition) is 3. The monoisotopic (exact) mass is 271 g/mol. The van der Waals surface area contributed by atoms with Crippen LogP contribution in [0.4, 0.5) is 4.79 Å². The van der Waals surface area contributed by atoms with E-state index in [0.29, 0.717) is 13.1 Å². The fourth-order valence-corrected chi connectivity index (χ4v) is 2.25. The molecule has 1 saturated heterocycles. The molecule has 1 aliphatic heterocycles. The predicted octanol–water partition coefficient (Wildman–Crippen LogP) is 0.979. The van der Waals surface area contributed by atoms with E-state index in [2.05, 4.69) is 10.2 Å². The zero-order chi connectivity index (χ0) is 14.1. The summed E-state index contributed by atoms with van der Waals surface area (Å²) in [6, 6.07) is -0.162. The summed E-state index contributed by atoms with van der Waals surface area (Å²) >= 11 is 0. The van der Waals surface area contributed by atoms with E-state index < -0.39 is 5.97 Å². The Morgan fingerprint density at radius 1 is 1.32 bits per heavy atom. The Hall–Kier alpha value is -1.30. The summed E-state index contributed by atoms with van der Waals surface area (Å²) in [7, 11) is 0. The maximum absolute atomic E-state index is 11.8. The van der Waals surface area contributed by atoms with Crippen LogP contribution in [0.3, 0.4) is 0 Å². The second kappa shape index (κ2) is 8.74. The average Bonchev–Trinajstić information content (AvgIpc) is 2.88. The Balaban J connectivity index is 2.11. The van der Waals surface area contributed by atoms with Gasteiger partial charge in [-0.25, -0.2) is 4.79 Å². The number of carboxylic acids is 1. The van der Waals surface area contributed by atoms with Crippen molar-refractivity contribution in [1.82, 2.24) is 15.1 Å². The van der Waals surface area contributed by atoms with Gasteiger partial charge in [-0.2, -0.15) is 0 Å². The number of amides is 2. The maximum Gasteiger partial charge on any atom is 0.317 e. The van der Waals surface area contributed by atoms with E-state index in [-0.39, 0.29) is 19.0 Å². The van der Waals surface area contributed by atoms with Crippen LogP contribution in [-0.4, -0.2) is 66.2 Å². The first-order valence-corrected chi connectivity index (χ1v) is 7.10. The van der Waals surface area contributed by atoms with Crippen molar-refractivity contribution in [3.63, 3.8) is 0 Å². The largest absolute Gasteiger partial charge is 0.481 e. The number of carbonyl (C=O) groups is 2. The van der Waals surface area contributed by atoms with Gasteiger partial charge in [-0.1, -0.05) is 0 Å². The molecule has 6 nitrogen and oxygen atoms in total. The molecule has 2 N–H and O–H groups in total. The Morgan fingerprint density at radius 3 is 2.58 bits per heavy atom. The van der Waals surface area contributed by atoms with Gasteiger partial charge in [0.2, 0.25) is 0 Å². The molecule has 1 heterocycles. The fourth-order valence-electron chi connectivity index (χ4n) is 2.25. The summed E-state index contributed by atoms with van der Waals surface area (Å²) in [6.45, 7) is 6.68. The molecule has 1 rings (SSSR count). The molecule has 0 radical (unpaired) electrons. The summed E-state index contributed by atoms with van der Waals surface area (Å²) in [6.07, 6.45) is 3.51. The molecule has 0 unspecified atom stereocenters. The minimum absolute atomic E-state index is 0.00492. The number of aliphatic carboxylic acids is 1. The van der Waals surface area contributed by atoms with Crippen molar-refractivity contribution in [3.8, 4) is 0 Å². The van der Waals surface area contributed by atoms with Gasteiger partial charge in [0.25, 0.3) is 0 Å². The highest BCUT2D eigenvalue weighted by molar-refractivity contribution is 5.75. The van der Waals surface area contributed by atoms with Gasteiger partial charge >= 0.3 is 12.0 Å². The normalized spacial score (nSPS) is 15.4. The lowest BCUT2D eigenvalue weighted by atomic mass is 10.3. The molecule has 0 atom stereocenters. The number of nitrogens with zero attached hydrogens (tertiary/aromatic N) is 2. The molecule has 0 bridgehead atoms. The molecule has 0 spiro atoms. The highest BCUT2D eigenvalue weighted by Crippen LogP contribution is 2.06. The van der Waals surface area contributed by atoms with Crippen molar-refractivity contribution in [2.75, 3.05) is 39.3 Å². The number of likely N-dealkylation sites (tertiary alicyclic amines) is 1. The second-order valence-electron chi connectivity index (χ2n) is 4.86. The lowest BCUT2D eigenvalue weighted by Crippen LogP contribution is -2.41. The van der Waals surface area contributed by atoms with Crippen LogP contribution < -0.4 is 5.32 Å². The van der Waals surface area contributed by atoms with Crippen LogP contribution in [0.25, 0.3) is 0 Å². The zero-order valence-electron chi connectivity index (χ0n) is 11.7. The Morgan fingerprint density at radius 2 is 2.00 bits per heavy atom. The minimum Gasteiger partial charge on any atom is -0.481 e. The first-order chi connectivity index (χ1) is 9.13. The van der Waals surface area contributed by atoms with Crippen molar-refractivity contribution in [1.29, 1.82) is 0 Å². The van der Waals surface area contributed by atoms with Crippen LogP contribution in [0.2, 0.25) is 0 Å². The number of carbonyl (C=O) groups excluding carboxylic acids is 1. The van der Waals surface area contributed by atoms with Gasteiger partial charge in [0, 0.05) is 19.6 Å². The average molecular weight is 271 g/mol. The van der Waals surface area contributed by atoms with Gasteiger partial charge in [0.1, 0.15) is 0 Å². The zero-order valence-corrected chi connectivity index (χ0v) is 11.7. The molecule has 0 aromatic carbocycles. The van der Waals surface area contributed by atoms with Gasteiger partial charge < -0.3 is 20.2 Å². The minimum atomic E-state index is -0.875. The van der Waals surface area contributed by atoms with Gasteiger partial charge in [0.05, 0.1) is 6.42 Å². The summed E-state index contributed by atoms with van der Waals surface area (Å²) in [4.78, 5) is 26.2. The molecule has 0 aromatic heterocycles. The lowest BCUT2D eigenvalue weighted by molar-refractivity contribution is -0.137. The van der Waals surface area contributed by atoms with Crippen molar-refractivity contribution in [3.05, 3.63) is 0 Å². The van der Waals surface area contributed by atoms with E-state index in [1.54, 1.807) is 0 Å². The van der Waals surface area contributed by atoms with E-state index in [4.69, 9.17) is 5.11 Å². The topological polar surface area (TPSA) is 72.9 Å². The molecule has 0 aromatic rings. The Labute approximate surface area is 114 Å². The third-order valence-corrected chi connectivity index (χ3v) is 3.39. The molecule has 110 valence electrons. The molecule has 0 saturated carbocycles. The summed E-state index contributed by atoms with van der Waals surface area (Å²) in [5.74, 6) is -0.875. The van der Waals surface area contributed by atoms with Crippen LogP contribution >= 0.6 is 0 Å². The van der Waals surface area contributed by atoms with E-state index in [0.717, 1.165) is 13.0 Å². The van der Waals surface area contributed by atoms with E-state index in [9.17, 15) is 9.59 Å². The van der Waals surface area contributed by atoms with Gasteiger partial charge in [-0.15, -0.1) is 0 Å². The standard InChI is InChI=1S/C13H25N3O3/c1-2-16(11-6-12(17)18)13(19)14-7-5-10-15-8-3-4-9-15/h2-11H2,1H3,(H,14,19)(H,17,18). The van der Waals surface area contributed by atoms with Crippen LogP contribution in [0.15, 0.2) is 0 Å². The van der Waals surface area contributed by atoms with Crippen molar-refractivity contribution >= 4 is 12.0 Å². The van der Waals surface area contributed by atoms with Gasteiger partial charge in [0.15, 0.2) is 0 Å². The maximum atomic E-state index is 11.8. The van der Waals surface area contributed by atoms with Crippen LogP contribution in [-0.2, 0) is 4.79 Å². The Kier molecular flexibility index (Phi) is 7.25. The van der Waals surface area contributed by atoms with Crippen LogP contribution in [0.1, 0.15) is 32.6 Å². The SMILES string of the molecule is CCN(CCC(=O)O)C(=O)NCCCN1CCCC1. The van der Waals surface area contributed by atoms with Crippen molar-refractivity contribution < 1.29 is 14.7 Å². The predicted molar refractivity (Wildman–Crippen MR) is 73.2 cm³/mol. The fraction of sp³-hybridized carbons (Fsp3) is 0.846. The highest BCUT2D eigenvalue weighted by atomic mass is 16.4. The number of urea groups is 1. The summed E-state index contributed by atoms with van der Waals surface area (Å²) < 4.78 is 0. The molecule has 1 aliphatic rings. The number of hydrogen-bond donors (Lipinski definition) is 2. The molecule has 1 fully saturated rings. The van der Waals surface area contributed by atoms with E-state index in [1.165, 1.54) is 30.8 Å². The number of rotatable bonds is 8. The van der Waals surface area contributed by atoms with E-state index in [1.807, 2.05) is 6.92 Å². The molecule has 2 amide bonds. The van der Waals surface area contributed by atoms with Crippen molar-refractivity contribution in [2.24, 2.45) is 0 Å². The summed E-state index contributed by atoms with van der Waals surface area (Å²) in [5.41, 5.74) is 0. The lowest BCUT2D eigenvalue weighted by Gasteiger charge is -2.21. The molecule has 19 heavy (non-hydrogen) atoms. The first-order valence-electron chi connectivity index (χ1n) is 7.10. The smallest absolute Gasteiger partial charge is 0.317 e. The van der Waals surface area contributed by atoms with E-state index >= 15 is 0 Å². The quantitative estimate of drug-likeness (QED) is 0.645. The number of nitrogens with one attached hydrogen (secondary N) is 1. The highest BCUT2D eigenvalue weighted by Gasteiger charge is 2.13. The second-order valence-corrected chi connectivity index (χ2v) is 4.86. The third kappa shape index (κ3) is 6.42. The third-order valence-electron chi connectivity index (χ3n) is 3.39. The first kappa shape index (κ1) is 15.8. The van der Waals surface area contributed by atoms with Gasteiger partial charge in [-0.05, 0) is 45.8 Å². The van der Waals surface area contributed by atoms with Crippen LogP contribution in [0, 0.1) is 0 Å². The van der Waals surface area contributed by atoms with Gasteiger partial charge in [-0.3, -0.25) is 4.79 Å². The Bertz CT molecular complexity index is 291. The summed E-state index contributed by atoms with van der Waals surface area (Å²) in [5, 5.41) is 11.5. The molecule has 0 aliphatic carbocycles. The molecule has 6 heteroatoms. The molecular weight excluding hydrogens is 246 g/mol. The van der Waals surface area contributed by atoms with Crippen molar-refractivity contribution in [2.45, 2.75) is 32.6 Å².